The van der Waals surface area contributed by atoms with Crippen molar-refractivity contribution < 1.29 is 9.59 Å². The number of benzene rings is 1. The van der Waals surface area contributed by atoms with Crippen molar-refractivity contribution >= 4 is 28.8 Å². The topological polar surface area (TPSA) is 88.3 Å². The van der Waals surface area contributed by atoms with Gasteiger partial charge in [0, 0.05) is 30.5 Å². The minimum Gasteiger partial charge on any atom is -0.344 e. The molecule has 1 unspecified atom stereocenters. The second-order valence-electron chi connectivity index (χ2n) is 6.10. The van der Waals surface area contributed by atoms with Crippen LogP contribution in [0.5, 0.6) is 0 Å². The molecule has 0 spiro atoms. The fourth-order valence-electron chi connectivity index (χ4n) is 2.89. The van der Waals surface area contributed by atoms with Crippen LogP contribution in [0.25, 0.3) is 0 Å². The Morgan fingerprint density at radius 1 is 1.48 bits per heavy atom. The number of hydrogen-bond acceptors (Lipinski definition) is 5. The van der Waals surface area contributed by atoms with Crippen molar-refractivity contribution in [1.82, 2.24) is 10.3 Å². The van der Waals surface area contributed by atoms with Crippen LogP contribution in [-0.4, -0.2) is 29.9 Å². The van der Waals surface area contributed by atoms with Crippen molar-refractivity contribution in [2.45, 2.75) is 32.2 Å². The Morgan fingerprint density at radius 2 is 2.32 bits per heavy atom. The van der Waals surface area contributed by atoms with Gasteiger partial charge in [-0.1, -0.05) is 12.1 Å². The van der Waals surface area contributed by atoms with Crippen LogP contribution < -0.4 is 16.0 Å². The van der Waals surface area contributed by atoms with Crippen molar-refractivity contribution in [1.29, 1.82) is 0 Å². The number of amides is 2. The van der Waals surface area contributed by atoms with Gasteiger partial charge in [0.25, 0.3) is 5.91 Å². The molecule has 132 valence electrons. The fourth-order valence-corrected chi connectivity index (χ4v) is 3.68. The maximum atomic E-state index is 12.4. The minimum atomic E-state index is -0.199. The summed E-state index contributed by atoms with van der Waals surface area (Å²) in [6.45, 7) is 3.20. The summed E-state index contributed by atoms with van der Waals surface area (Å²) in [5.74, 6) is -0.0431. The Kier molecular flexibility index (Phi) is 5.45. The van der Waals surface area contributed by atoms with E-state index < -0.39 is 0 Å². The van der Waals surface area contributed by atoms with Crippen LogP contribution in [-0.2, 0) is 11.2 Å². The molecule has 2 amide bonds. The Balaban J connectivity index is 1.69. The molecular formula is C18H22N4O2S. The summed E-state index contributed by atoms with van der Waals surface area (Å²) in [6, 6.07) is 7.59. The zero-order valence-electron chi connectivity index (χ0n) is 14.2. The average Bonchev–Trinajstić information content (AvgIpc) is 3.24. The van der Waals surface area contributed by atoms with E-state index in [9.17, 15) is 9.59 Å². The van der Waals surface area contributed by atoms with Crippen LogP contribution in [0.4, 0.5) is 5.69 Å². The third-order valence-corrected chi connectivity index (χ3v) is 5.15. The predicted molar refractivity (Wildman–Crippen MR) is 98.8 cm³/mol. The van der Waals surface area contributed by atoms with Crippen molar-refractivity contribution in [3.05, 3.63) is 45.9 Å². The van der Waals surface area contributed by atoms with E-state index in [2.05, 4.69) is 10.3 Å². The van der Waals surface area contributed by atoms with Crippen LogP contribution in [0.15, 0.2) is 29.6 Å². The lowest BCUT2D eigenvalue weighted by molar-refractivity contribution is -0.117. The highest BCUT2D eigenvalue weighted by Gasteiger charge is 2.22. The number of carbonyl (C=O) groups is 2. The van der Waals surface area contributed by atoms with Gasteiger partial charge in [-0.3, -0.25) is 9.59 Å². The number of nitrogens with one attached hydrogen (secondary N) is 1. The number of nitrogens with two attached hydrogens (primary N) is 1. The first kappa shape index (κ1) is 17.6. The van der Waals surface area contributed by atoms with Crippen LogP contribution in [0.3, 0.4) is 0 Å². The summed E-state index contributed by atoms with van der Waals surface area (Å²) in [7, 11) is 0. The zero-order chi connectivity index (χ0) is 17.8. The third kappa shape index (κ3) is 4.05. The number of rotatable bonds is 6. The molecule has 3 N–H and O–H groups in total. The zero-order valence-corrected chi connectivity index (χ0v) is 15.0. The lowest BCUT2D eigenvalue weighted by atomic mass is 10.1. The number of carbonyl (C=O) groups excluding carboxylic acids is 2. The van der Waals surface area contributed by atoms with Gasteiger partial charge in [-0.2, -0.15) is 0 Å². The summed E-state index contributed by atoms with van der Waals surface area (Å²) >= 11 is 1.45. The molecule has 1 atom stereocenters. The Bertz CT molecular complexity index is 774. The normalized spacial score (nSPS) is 15.4. The lowest BCUT2D eigenvalue weighted by Gasteiger charge is -2.19. The molecule has 1 saturated heterocycles. The van der Waals surface area contributed by atoms with Gasteiger partial charge in [-0.25, -0.2) is 4.98 Å². The van der Waals surface area contributed by atoms with E-state index in [0.29, 0.717) is 25.1 Å². The Labute approximate surface area is 151 Å². The molecule has 2 aromatic rings. The van der Waals surface area contributed by atoms with Gasteiger partial charge >= 0.3 is 0 Å². The average molecular weight is 358 g/mol. The maximum Gasteiger partial charge on any atom is 0.271 e. The van der Waals surface area contributed by atoms with Crippen molar-refractivity contribution in [2.75, 3.05) is 18.0 Å². The van der Waals surface area contributed by atoms with Crippen molar-refractivity contribution in [2.24, 2.45) is 5.73 Å². The number of aromatic nitrogens is 1. The van der Waals surface area contributed by atoms with Gasteiger partial charge in [-0.05, 0) is 37.6 Å². The Hall–Kier alpha value is -2.25. The molecule has 0 aliphatic carbocycles. The SMILES string of the molecule is CC(NC(=O)c1csc(CCN)n1)c1cccc(N2CCCC2=O)c1. The highest BCUT2D eigenvalue weighted by Crippen LogP contribution is 2.25. The van der Waals surface area contributed by atoms with E-state index in [-0.39, 0.29) is 17.9 Å². The maximum absolute atomic E-state index is 12.4. The largest absolute Gasteiger partial charge is 0.344 e. The van der Waals surface area contributed by atoms with Crippen LogP contribution in [0.1, 0.15) is 46.9 Å². The summed E-state index contributed by atoms with van der Waals surface area (Å²) < 4.78 is 0. The first-order chi connectivity index (χ1) is 12.1. The molecule has 6 nitrogen and oxygen atoms in total. The van der Waals surface area contributed by atoms with E-state index >= 15 is 0 Å². The quantitative estimate of drug-likeness (QED) is 0.829. The lowest BCUT2D eigenvalue weighted by Crippen LogP contribution is -2.28. The van der Waals surface area contributed by atoms with Crippen LogP contribution in [0, 0.1) is 0 Å². The van der Waals surface area contributed by atoms with Gasteiger partial charge in [0.05, 0.1) is 11.0 Å². The van der Waals surface area contributed by atoms with Crippen LogP contribution >= 0.6 is 11.3 Å². The molecule has 3 rings (SSSR count). The summed E-state index contributed by atoms with van der Waals surface area (Å²) in [6.07, 6.45) is 2.18. The smallest absolute Gasteiger partial charge is 0.271 e. The van der Waals surface area contributed by atoms with Crippen LogP contribution in [0.2, 0.25) is 0 Å². The second-order valence-corrected chi connectivity index (χ2v) is 7.05. The number of thiazole rings is 1. The van der Waals surface area contributed by atoms with Crippen molar-refractivity contribution in [3.8, 4) is 0 Å². The highest BCUT2D eigenvalue weighted by atomic mass is 32.1. The summed E-state index contributed by atoms with van der Waals surface area (Å²) in [5.41, 5.74) is 7.79. The number of hydrogen-bond donors (Lipinski definition) is 2. The minimum absolute atomic E-state index is 0.156. The molecule has 7 heteroatoms. The van der Waals surface area contributed by atoms with Gasteiger partial charge in [0.2, 0.25) is 5.91 Å². The van der Waals surface area contributed by atoms with E-state index in [0.717, 1.165) is 29.2 Å². The van der Waals surface area contributed by atoms with Gasteiger partial charge < -0.3 is 16.0 Å². The van der Waals surface area contributed by atoms with E-state index in [4.69, 9.17) is 5.73 Å². The molecule has 1 aromatic heterocycles. The second kappa shape index (κ2) is 7.76. The molecule has 25 heavy (non-hydrogen) atoms. The first-order valence-electron chi connectivity index (χ1n) is 8.44. The Morgan fingerprint density at radius 3 is 3.04 bits per heavy atom. The molecule has 2 heterocycles. The molecule has 1 fully saturated rings. The van der Waals surface area contributed by atoms with Gasteiger partial charge in [0.15, 0.2) is 0 Å². The standard InChI is InChI=1S/C18H22N4O2S/c1-12(20-18(24)15-11-25-16(21-15)7-8-19)13-4-2-5-14(10-13)22-9-3-6-17(22)23/h2,4-5,10-12H,3,6-9,19H2,1H3,(H,20,24). The number of anilines is 1. The summed E-state index contributed by atoms with van der Waals surface area (Å²) in [5, 5.41) is 5.59. The van der Waals surface area contributed by atoms with E-state index in [1.807, 2.05) is 31.2 Å². The fraction of sp³-hybridized carbons (Fsp3) is 0.389. The highest BCUT2D eigenvalue weighted by molar-refractivity contribution is 7.09. The van der Waals surface area contributed by atoms with E-state index in [1.54, 1.807) is 10.3 Å². The molecule has 0 radical (unpaired) electrons. The molecule has 0 saturated carbocycles. The molecular weight excluding hydrogens is 336 g/mol. The van der Waals surface area contributed by atoms with E-state index in [1.165, 1.54) is 11.3 Å². The molecule has 1 aliphatic rings. The third-order valence-electron chi connectivity index (χ3n) is 4.25. The predicted octanol–water partition coefficient (Wildman–Crippen LogP) is 2.26. The molecule has 1 aromatic carbocycles. The summed E-state index contributed by atoms with van der Waals surface area (Å²) in [4.78, 5) is 30.4. The monoisotopic (exact) mass is 358 g/mol. The van der Waals surface area contributed by atoms with Gasteiger partial charge in [0.1, 0.15) is 5.69 Å². The van der Waals surface area contributed by atoms with Crippen molar-refractivity contribution in [3.63, 3.8) is 0 Å². The van der Waals surface area contributed by atoms with Gasteiger partial charge in [-0.15, -0.1) is 11.3 Å². The molecule has 0 bridgehead atoms. The molecule has 1 aliphatic heterocycles. The first-order valence-corrected chi connectivity index (χ1v) is 9.32. The number of nitrogens with zero attached hydrogens (tertiary/aromatic N) is 2.